The molecule has 0 saturated carbocycles. The molecule has 0 aliphatic heterocycles. The van der Waals surface area contributed by atoms with Gasteiger partial charge in [0, 0.05) is 0 Å². The average molecular weight is 245 g/mol. The first-order chi connectivity index (χ1) is 7.45. The molecule has 0 bridgehead atoms. The van der Waals surface area contributed by atoms with Gasteiger partial charge in [-0.2, -0.15) is 0 Å². The first kappa shape index (κ1) is 13.1. The van der Waals surface area contributed by atoms with Crippen molar-refractivity contribution in [2.45, 2.75) is 11.5 Å². The zero-order valence-electron chi connectivity index (χ0n) is 8.62. The lowest BCUT2D eigenvalue weighted by Crippen LogP contribution is -2.18. The first-order valence-corrected chi connectivity index (χ1v) is 5.94. The molecule has 0 aliphatic rings. The summed E-state index contributed by atoms with van der Waals surface area (Å²) in [7, 11) is -3.94. The van der Waals surface area contributed by atoms with Crippen LogP contribution in [-0.2, 0) is 21.3 Å². The minimum absolute atomic E-state index is 0.00243. The van der Waals surface area contributed by atoms with E-state index in [-0.39, 0.29) is 11.5 Å². The van der Waals surface area contributed by atoms with Crippen LogP contribution in [0, 0.1) is 0 Å². The van der Waals surface area contributed by atoms with Crippen LogP contribution >= 0.6 is 0 Å². The molecule has 0 aromatic heterocycles. The standard InChI is InChI=1S/C8H12BNO5S/c1-10-16(13,14)8-4-2-7(3-5-8)6-15-9(11)12/h2-5,10-12H,6H2,1H3. The summed E-state index contributed by atoms with van der Waals surface area (Å²) >= 11 is 0. The van der Waals surface area contributed by atoms with Gasteiger partial charge in [0.1, 0.15) is 0 Å². The first-order valence-electron chi connectivity index (χ1n) is 4.46. The Hall–Kier alpha value is -0.925. The third-order valence-electron chi connectivity index (χ3n) is 1.90. The molecule has 0 aliphatic carbocycles. The molecule has 0 saturated heterocycles. The van der Waals surface area contributed by atoms with Gasteiger partial charge < -0.3 is 14.7 Å². The van der Waals surface area contributed by atoms with Gasteiger partial charge in [0.15, 0.2) is 0 Å². The van der Waals surface area contributed by atoms with Crippen LogP contribution in [0.3, 0.4) is 0 Å². The van der Waals surface area contributed by atoms with Gasteiger partial charge in [-0.05, 0) is 24.7 Å². The summed E-state index contributed by atoms with van der Waals surface area (Å²) in [6.45, 7) is -0.00243. The Morgan fingerprint density at radius 3 is 2.31 bits per heavy atom. The highest BCUT2D eigenvalue weighted by Gasteiger charge is 2.11. The van der Waals surface area contributed by atoms with E-state index in [0.29, 0.717) is 5.56 Å². The second-order valence-corrected chi connectivity index (χ2v) is 4.88. The molecule has 0 heterocycles. The van der Waals surface area contributed by atoms with Crippen molar-refractivity contribution in [2.24, 2.45) is 0 Å². The molecule has 1 aromatic carbocycles. The smallest absolute Gasteiger partial charge is 0.402 e. The number of sulfonamides is 1. The maximum absolute atomic E-state index is 11.4. The number of hydrogen-bond donors (Lipinski definition) is 3. The lowest BCUT2D eigenvalue weighted by molar-refractivity contribution is 0.177. The van der Waals surface area contributed by atoms with Crippen LogP contribution in [0.4, 0.5) is 0 Å². The third-order valence-corrected chi connectivity index (χ3v) is 3.33. The zero-order valence-corrected chi connectivity index (χ0v) is 9.44. The number of nitrogens with one attached hydrogen (secondary N) is 1. The van der Waals surface area contributed by atoms with Gasteiger partial charge in [-0.15, -0.1) is 0 Å². The maximum Gasteiger partial charge on any atom is 0.634 e. The highest BCUT2D eigenvalue weighted by molar-refractivity contribution is 7.89. The lowest BCUT2D eigenvalue weighted by Gasteiger charge is -2.05. The largest absolute Gasteiger partial charge is 0.634 e. The van der Waals surface area contributed by atoms with Crippen molar-refractivity contribution in [3.05, 3.63) is 29.8 Å². The Kier molecular flexibility index (Phi) is 4.45. The molecule has 0 fully saturated rings. The molecular formula is C8H12BNO5S. The van der Waals surface area contributed by atoms with Gasteiger partial charge in [0.25, 0.3) is 0 Å². The summed E-state index contributed by atoms with van der Waals surface area (Å²) in [6, 6.07) is 5.89. The van der Waals surface area contributed by atoms with Gasteiger partial charge in [-0.3, -0.25) is 0 Å². The normalized spacial score (nSPS) is 11.4. The minimum Gasteiger partial charge on any atom is -0.402 e. The Bertz CT molecular complexity index is 430. The molecule has 1 aromatic rings. The fraction of sp³-hybridized carbons (Fsp3) is 0.250. The molecule has 0 amide bonds. The molecule has 8 heteroatoms. The van der Waals surface area contributed by atoms with Gasteiger partial charge >= 0.3 is 7.32 Å². The topological polar surface area (TPSA) is 95.9 Å². The van der Waals surface area contributed by atoms with E-state index in [4.69, 9.17) is 10.0 Å². The van der Waals surface area contributed by atoms with Crippen molar-refractivity contribution in [1.82, 2.24) is 4.72 Å². The maximum atomic E-state index is 11.4. The average Bonchev–Trinajstić information content (AvgIpc) is 2.27. The number of rotatable bonds is 5. The van der Waals surface area contributed by atoms with Crippen molar-refractivity contribution in [3.63, 3.8) is 0 Å². The zero-order chi connectivity index (χ0) is 12.2. The van der Waals surface area contributed by atoms with Crippen LogP contribution in [0.1, 0.15) is 5.56 Å². The van der Waals surface area contributed by atoms with Gasteiger partial charge in [0.05, 0.1) is 11.5 Å². The summed E-state index contributed by atoms with van der Waals surface area (Å²) in [5.41, 5.74) is 0.642. The fourth-order valence-corrected chi connectivity index (χ4v) is 1.78. The summed E-state index contributed by atoms with van der Waals surface area (Å²) in [5.74, 6) is 0. The summed E-state index contributed by atoms with van der Waals surface area (Å²) in [5, 5.41) is 16.9. The van der Waals surface area contributed by atoms with E-state index in [9.17, 15) is 8.42 Å². The highest BCUT2D eigenvalue weighted by Crippen LogP contribution is 2.10. The van der Waals surface area contributed by atoms with Crippen molar-refractivity contribution in [1.29, 1.82) is 0 Å². The predicted octanol–water partition coefficient (Wildman–Crippen LogP) is -0.919. The van der Waals surface area contributed by atoms with Crippen LogP contribution in [0.2, 0.25) is 0 Å². The Morgan fingerprint density at radius 2 is 1.88 bits per heavy atom. The van der Waals surface area contributed by atoms with E-state index < -0.39 is 17.3 Å². The Balaban J connectivity index is 2.76. The molecule has 3 N–H and O–H groups in total. The summed E-state index contributed by atoms with van der Waals surface area (Å²) in [4.78, 5) is 0.142. The van der Waals surface area contributed by atoms with Crippen molar-refractivity contribution >= 4 is 17.3 Å². The second-order valence-electron chi connectivity index (χ2n) is 2.99. The number of benzene rings is 1. The summed E-state index contributed by atoms with van der Waals surface area (Å²) in [6.07, 6.45) is 0. The van der Waals surface area contributed by atoms with Crippen LogP contribution in [0.25, 0.3) is 0 Å². The SMILES string of the molecule is CNS(=O)(=O)c1ccc(COB(O)O)cc1. The van der Waals surface area contributed by atoms with Crippen LogP contribution in [-0.4, -0.2) is 32.8 Å². The minimum atomic E-state index is -3.44. The second kappa shape index (κ2) is 5.42. The lowest BCUT2D eigenvalue weighted by atomic mass is 10.2. The quantitative estimate of drug-likeness (QED) is 0.583. The molecule has 1 rings (SSSR count). The van der Waals surface area contributed by atoms with E-state index in [2.05, 4.69) is 9.38 Å². The van der Waals surface area contributed by atoms with Gasteiger partial charge in [-0.1, -0.05) is 12.1 Å². The monoisotopic (exact) mass is 245 g/mol. The predicted molar refractivity (Wildman–Crippen MR) is 57.7 cm³/mol. The van der Waals surface area contributed by atoms with E-state index in [1.165, 1.54) is 31.3 Å². The van der Waals surface area contributed by atoms with E-state index in [1.807, 2.05) is 0 Å². The van der Waals surface area contributed by atoms with E-state index >= 15 is 0 Å². The molecule has 16 heavy (non-hydrogen) atoms. The summed E-state index contributed by atoms with van der Waals surface area (Å²) < 4.78 is 29.4. The van der Waals surface area contributed by atoms with Crippen molar-refractivity contribution < 1.29 is 23.1 Å². The van der Waals surface area contributed by atoms with Crippen molar-refractivity contribution in [3.8, 4) is 0 Å². The number of hydrogen-bond acceptors (Lipinski definition) is 5. The molecule has 6 nitrogen and oxygen atoms in total. The fourth-order valence-electron chi connectivity index (χ4n) is 1.05. The van der Waals surface area contributed by atoms with Gasteiger partial charge in [-0.25, -0.2) is 13.1 Å². The van der Waals surface area contributed by atoms with Crippen LogP contribution in [0.15, 0.2) is 29.2 Å². The third kappa shape index (κ3) is 3.58. The molecule has 0 spiro atoms. The molecule has 88 valence electrons. The molecular weight excluding hydrogens is 233 g/mol. The van der Waals surface area contributed by atoms with Crippen molar-refractivity contribution in [2.75, 3.05) is 7.05 Å². The Morgan fingerprint density at radius 1 is 1.31 bits per heavy atom. The molecule has 0 atom stereocenters. The van der Waals surface area contributed by atoms with E-state index in [0.717, 1.165) is 0 Å². The Labute approximate surface area is 94.1 Å². The van der Waals surface area contributed by atoms with Crippen LogP contribution < -0.4 is 4.72 Å². The highest BCUT2D eigenvalue weighted by atomic mass is 32.2. The molecule has 0 radical (unpaired) electrons. The van der Waals surface area contributed by atoms with E-state index in [1.54, 1.807) is 0 Å². The molecule has 0 unspecified atom stereocenters. The van der Waals surface area contributed by atoms with Gasteiger partial charge in [0.2, 0.25) is 10.0 Å². The van der Waals surface area contributed by atoms with Crippen LogP contribution in [0.5, 0.6) is 0 Å².